The highest BCUT2D eigenvalue weighted by molar-refractivity contribution is 9.10. The Hall–Kier alpha value is -2.12. The SMILES string of the molecule is COc1cc(CNC(CC(C)C)C(=O)O)c(Br)cc1OCc1ccccc1F. The van der Waals surface area contributed by atoms with Crippen LogP contribution in [0, 0.1) is 11.7 Å². The van der Waals surface area contributed by atoms with Crippen molar-refractivity contribution in [3.63, 3.8) is 0 Å². The number of ether oxygens (including phenoxy) is 2. The summed E-state index contributed by atoms with van der Waals surface area (Å²) in [6.07, 6.45) is 0.536. The lowest BCUT2D eigenvalue weighted by Crippen LogP contribution is -2.37. The molecule has 1 atom stereocenters. The molecule has 0 radical (unpaired) electrons. The van der Waals surface area contributed by atoms with E-state index >= 15 is 0 Å². The van der Waals surface area contributed by atoms with Crippen LogP contribution in [0.5, 0.6) is 11.5 Å². The summed E-state index contributed by atoms with van der Waals surface area (Å²) in [6, 6.07) is 9.32. The van der Waals surface area contributed by atoms with E-state index in [1.807, 2.05) is 13.8 Å². The second-order valence-corrected chi connectivity index (χ2v) is 7.73. The first-order valence-corrected chi connectivity index (χ1v) is 9.80. The number of carboxylic acid groups (broad SMARTS) is 1. The van der Waals surface area contributed by atoms with E-state index in [9.17, 15) is 14.3 Å². The summed E-state index contributed by atoms with van der Waals surface area (Å²) in [5.74, 6) is 0.0269. The first-order valence-electron chi connectivity index (χ1n) is 9.00. The van der Waals surface area contributed by atoms with Crippen LogP contribution in [0.2, 0.25) is 0 Å². The van der Waals surface area contributed by atoms with Crippen LogP contribution in [0.4, 0.5) is 4.39 Å². The number of benzene rings is 2. The summed E-state index contributed by atoms with van der Waals surface area (Å²) in [5.41, 5.74) is 1.29. The fourth-order valence-corrected chi connectivity index (χ4v) is 3.19. The van der Waals surface area contributed by atoms with E-state index in [0.29, 0.717) is 30.0 Å². The molecular weight excluding hydrogens is 429 g/mol. The molecule has 0 amide bonds. The standard InChI is InChI=1S/C21H25BrFNO4/c1-13(2)8-18(21(25)26)24-11-15-9-19(27-3)20(10-16(15)22)28-12-14-6-4-5-7-17(14)23/h4-7,9-10,13,18,24H,8,11-12H2,1-3H3,(H,25,26). The number of carboxylic acids is 1. The average molecular weight is 454 g/mol. The zero-order chi connectivity index (χ0) is 20.7. The van der Waals surface area contributed by atoms with Gasteiger partial charge >= 0.3 is 5.97 Å². The third-order valence-corrected chi connectivity index (χ3v) is 4.96. The molecule has 0 aromatic heterocycles. The molecule has 2 N–H and O–H groups in total. The molecule has 7 heteroatoms. The van der Waals surface area contributed by atoms with Crippen molar-refractivity contribution in [2.24, 2.45) is 5.92 Å². The van der Waals surface area contributed by atoms with Crippen LogP contribution in [0.1, 0.15) is 31.4 Å². The third-order valence-electron chi connectivity index (χ3n) is 4.22. The number of rotatable bonds is 10. The van der Waals surface area contributed by atoms with Gasteiger partial charge in [0.15, 0.2) is 11.5 Å². The minimum absolute atomic E-state index is 0.0720. The molecule has 0 aliphatic heterocycles. The summed E-state index contributed by atoms with van der Waals surface area (Å²) in [5, 5.41) is 12.4. The van der Waals surface area contributed by atoms with Crippen molar-refractivity contribution in [2.75, 3.05) is 7.11 Å². The molecule has 0 heterocycles. The number of hydrogen-bond acceptors (Lipinski definition) is 4. The van der Waals surface area contributed by atoms with Crippen molar-refractivity contribution < 1.29 is 23.8 Å². The predicted octanol–water partition coefficient (Wildman–Crippen LogP) is 4.76. The third kappa shape index (κ3) is 6.21. The monoisotopic (exact) mass is 453 g/mol. The normalized spacial score (nSPS) is 12.1. The van der Waals surface area contributed by atoms with Crippen molar-refractivity contribution in [3.05, 3.63) is 57.8 Å². The van der Waals surface area contributed by atoms with Crippen LogP contribution in [-0.2, 0) is 17.9 Å². The molecule has 0 aliphatic carbocycles. The molecule has 1 unspecified atom stereocenters. The fraction of sp³-hybridized carbons (Fsp3) is 0.381. The Morgan fingerprint density at radius 3 is 2.54 bits per heavy atom. The minimum Gasteiger partial charge on any atom is -0.493 e. The van der Waals surface area contributed by atoms with E-state index in [0.717, 1.165) is 10.0 Å². The predicted molar refractivity (Wildman–Crippen MR) is 109 cm³/mol. The van der Waals surface area contributed by atoms with Crippen molar-refractivity contribution in [1.82, 2.24) is 5.32 Å². The molecule has 0 spiro atoms. The van der Waals surface area contributed by atoms with E-state index < -0.39 is 12.0 Å². The zero-order valence-corrected chi connectivity index (χ0v) is 17.8. The Morgan fingerprint density at radius 2 is 1.93 bits per heavy atom. The number of nitrogens with one attached hydrogen (secondary N) is 1. The first-order chi connectivity index (χ1) is 13.3. The van der Waals surface area contributed by atoms with E-state index in [2.05, 4.69) is 21.2 Å². The van der Waals surface area contributed by atoms with Crippen LogP contribution in [0.15, 0.2) is 40.9 Å². The first kappa shape index (κ1) is 22.2. The Balaban J connectivity index is 2.11. The highest BCUT2D eigenvalue weighted by Gasteiger charge is 2.19. The molecule has 2 aromatic rings. The second kappa shape index (κ2) is 10.4. The average Bonchev–Trinajstić information content (AvgIpc) is 2.65. The summed E-state index contributed by atoms with van der Waals surface area (Å²) >= 11 is 3.49. The molecule has 0 saturated heterocycles. The highest BCUT2D eigenvalue weighted by atomic mass is 79.9. The Labute approximate surface area is 173 Å². The summed E-state index contributed by atoms with van der Waals surface area (Å²) < 4.78 is 25.7. The van der Waals surface area contributed by atoms with Crippen molar-refractivity contribution in [3.8, 4) is 11.5 Å². The molecule has 0 aliphatic rings. The smallest absolute Gasteiger partial charge is 0.320 e. The molecule has 2 aromatic carbocycles. The van der Waals surface area contributed by atoms with Gasteiger partial charge in [0.25, 0.3) is 0 Å². The second-order valence-electron chi connectivity index (χ2n) is 6.88. The van der Waals surface area contributed by atoms with Crippen LogP contribution in [0.3, 0.4) is 0 Å². The molecule has 0 fully saturated rings. The maximum Gasteiger partial charge on any atom is 0.320 e. The number of halogens is 2. The van der Waals surface area contributed by atoms with Gasteiger partial charge in [0.05, 0.1) is 7.11 Å². The van der Waals surface area contributed by atoms with Crippen molar-refractivity contribution >= 4 is 21.9 Å². The van der Waals surface area contributed by atoms with Crippen LogP contribution in [-0.4, -0.2) is 24.2 Å². The van der Waals surface area contributed by atoms with Crippen LogP contribution >= 0.6 is 15.9 Å². The van der Waals surface area contributed by atoms with E-state index in [-0.39, 0.29) is 18.3 Å². The topological polar surface area (TPSA) is 67.8 Å². The molecule has 28 heavy (non-hydrogen) atoms. The Morgan fingerprint density at radius 1 is 1.21 bits per heavy atom. The maximum atomic E-state index is 13.8. The summed E-state index contributed by atoms with van der Waals surface area (Å²) in [7, 11) is 1.52. The number of aliphatic carboxylic acids is 1. The largest absolute Gasteiger partial charge is 0.493 e. The Bertz CT molecular complexity index is 813. The van der Waals surface area contributed by atoms with E-state index in [4.69, 9.17) is 9.47 Å². The lowest BCUT2D eigenvalue weighted by molar-refractivity contribution is -0.140. The van der Waals surface area contributed by atoms with Crippen molar-refractivity contribution in [2.45, 2.75) is 39.5 Å². The number of methoxy groups -OCH3 is 1. The molecule has 0 bridgehead atoms. The van der Waals surface area contributed by atoms with Gasteiger partial charge in [-0.2, -0.15) is 0 Å². The van der Waals surface area contributed by atoms with Crippen LogP contribution in [0.25, 0.3) is 0 Å². The summed E-state index contributed by atoms with van der Waals surface area (Å²) in [4.78, 5) is 11.4. The van der Waals surface area contributed by atoms with Gasteiger partial charge in [-0.15, -0.1) is 0 Å². The molecule has 152 valence electrons. The van der Waals surface area contributed by atoms with Gasteiger partial charge in [0.1, 0.15) is 18.5 Å². The lowest BCUT2D eigenvalue weighted by atomic mass is 10.0. The Kier molecular flexibility index (Phi) is 8.26. The lowest BCUT2D eigenvalue weighted by Gasteiger charge is -2.18. The molecule has 5 nitrogen and oxygen atoms in total. The van der Waals surface area contributed by atoms with Gasteiger partial charge in [0, 0.05) is 16.6 Å². The highest BCUT2D eigenvalue weighted by Crippen LogP contribution is 2.34. The molecular formula is C21H25BrFNO4. The van der Waals surface area contributed by atoms with Gasteiger partial charge in [-0.1, -0.05) is 48.0 Å². The maximum absolute atomic E-state index is 13.8. The zero-order valence-electron chi connectivity index (χ0n) is 16.2. The quantitative estimate of drug-likeness (QED) is 0.542. The fourth-order valence-electron chi connectivity index (χ4n) is 2.73. The van der Waals surface area contributed by atoms with Gasteiger partial charge < -0.3 is 19.9 Å². The minimum atomic E-state index is -0.873. The van der Waals surface area contributed by atoms with Gasteiger partial charge in [-0.3, -0.25) is 4.79 Å². The number of carbonyl (C=O) groups is 1. The van der Waals surface area contributed by atoms with Crippen LogP contribution < -0.4 is 14.8 Å². The van der Waals surface area contributed by atoms with Gasteiger partial charge in [-0.05, 0) is 36.1 Å². The van der Waals surface area contributed by atoms with Gasteiger partial charge in [0.2, 0.25) is 0 Å². The van der Waals surface area contributed by atoms with E-state index in [1.165, 1.54) is 13.2 Å². The number of hydrogen-bond donors (Lipinski definition) is 2. The molecule has 0 saturated carbocycles. The van der Waals surface area contributed by atoms with Crippen molar-refractivity contribution in [1.29, 1.82) is 0 Å². The van der Waals surface area contributed by atoms with E-state index in [1.54, 1.807) is 30.3 Å². The summed E-state index contributed by atoms with van der Waals surface area (Å²) in [6.45, 7) is 4.40. The molecule has 2 rings (SSSR count). The van der Waals surface area contributed by atoms with Gasteiger partial charge in [-0.25, -0.2) is 4.39 Å².